The monoisotopic (exact) mass is 314 g/mol. The van der Waals surface area contributed by atoms with Crippen molar-refractivity contribution >= 4 is 0 Å². The predicted octanol–water partition coefficient (Wildman–Crippen LogP) is 1.97. The Morgan fingerprint density at radius 3 is 2.70 bits per heavy atom. The molecule has 0 spiro atoms. The standard InChI is InChI=1S/C18H26N4O/c1-21-9-7-17(8-10-21)22(11-12-23)14-16-13-18(20-19-16)15-5-3-2-4-6-15/h2-6,13,17,23H,7-12,14H2,1H3,(H,19,20). The average Bonchev–Trinajstić information content (AvgIpc) is 3.05. The van der Waals surface area contributed by atoms with Gasteiger partial charge in [0.2, 0.25) is 0 Å². The summed E-state index contributed by atoms with van der Waals surface area (Å²) in [7, 11) is 2.17. The summed E-state index contributed by atoms with van der Waals surface area (Å²) in [5, 5.41) is 17.0. The zero-order valence-electron chi connectivity index (χ0n) is 13.8. The molecular weight excluding hydrogens is 288 g/mol. The number of benzene rings is 1. The molecule has 2 N–H and O–H groups in total. The summed E-state index contributed by atoms with van der Waals surface area (Å²) in [6.45, 7) is 3.99. The number of nitrogens with one attached hydrogen (secondary N) is 1. The van der Waals surface area contributed by atoms with E-state index in [9.17, 15) is 5.11 Å². The maximum atomic E-state index is 9.40. The van der Waals surface area contributed by atoms with Gasteiger partial charge in [0, 0.05) is 30.4 Å². The number of piperidine rings is 1. The molecule has 0 atom stereocenters. The van der Waals surface area contributed by atoms with E-state index in [4.69, 9.17) is 0 Å². The number of aromatic amines is 1. The maximum Gasteiger partial charge on any atom is 0.0924 e. The zero-order valence-corrected chi connectivity index (χ0v) is 13.8. The van der Waals surface area contributed by atoms with Crippen molar-refractivity contribution in [2.75, 3.05) is 33.3 Å². The summed E-state index contributed by atoms with van der Waals surface area (Å²) >= 11 is 0. The first kappa shape index (κ1) is 16.2. The van der Waals surface area contributed by atoms with Crippen molar-refractivity contribution in [3.05, 3.63) is 42.1 Å². The summed E-state index contributed by atoms with van der Waals surface area (Å²) in [5.41, 5.74) is 3.21. The van der Waals surface area contributed by atoms with Crippen LogP contribution in [-0.2, 0) is 6.54 Å². The predicted molar refractivity (Wildman–Crippen MR) is 92.0 cm³/mol. The molecule has 5 nitrogen and oxygen atoms in total. The zero-order chi connectivity index (χ0) is 16.1. The fourth-order valence-corrected chi connectivity index (χ4v) is 3.30. The number of hydrogen-bond donors (Lipinski definition) is 2. The lowest BCUT2D eigenvalue weighted by molar-refractivity contribution is 0.0931. The first-order valence-electron chi connectivity index (χ1n) is 8.39. The van der Waals surface area contributed by atoms with E-state index in [0.717, 1.165) is 49.4 Å². The quantitative estimate of drug-likeness (QED) is 0.856. The molecule has 0 aliphatic carbocycles. The van der Waals surface area contributed by atoms with Gasteiger partial charge in [-0.25, -0.2) is 0 Å². The molecule has 1 aromatic heterocycles. The molecule has 1 aromatic carbocycles. The van der Waals surface area contributed by atoms with Crippen molar-refractivity contribution < 1.29 is 5.11 Å². The lowest BCUT2D eigenvalue weighted by Gasteiger charge is -2.36. The molecule has 1 saturated heterocycles. The Morgan fingerprint density at radius 1 is 1.26 bits per heavy atom. The largest absolute Gasteiger partial charge is 0.395 e. The molecule has 0 unspecified atom stereocenters. The molecule has 2 heterocycles. The van der Waals surface area contributed by atoms with E-state index in [0.29, 0.717) is 12.6 Å². The molecule has 5 heteroatoms. The average molecular weight is 314 g/mol. The third kappa shape index (κ3) is 4.19. The SMILES string of the molecule is CN1CCC(N(CCO)Cc2cc(-c3ccccc3)n[nH]2)CC1. The van der Waals surface area contributed by atoms with Crippen LogP contribution in [0.1, 0.15) is 18.5 Å². The van der Waals surface area contributed by atoms with E-state index in [1.165, 1.54) is 0 Å². The van der Waals surface area contributed by atoms with Gasteiger partial charge in [-0.15, -0.1) is 0 Å². The second-order valence-electron chi connectivity index (χ2n) is 6.37. The van der Waals surface area contributed by atoms with Gasteiger partial charge in [-0.1, -0.05) is 30.3 Å². The van der Waals surface area contributed by atoms with E-state index < -0.39 is 0 Å². The number of aromatic nitrogens is 2. The Morgan fingerprint density at radius 2 is 2.00 bits per heavy atom. The first-order chi connectivity index (χ1) is 11.3. The Bertz CT molecular complexity index is 590. The van der Waals surface area contributed by atoms with Gasteiger partial charge in [-0.3, -0.25) is 10.00 Å². The third-order valence-corrected chi connectivity index (χ3v) is 4.67. The lowest BCUT2D eigenvalue weighted by Crippen LogP contribution is -2.44. The van der Waals surface area contributed by atoms with Crippen LogP contribution in [0.5, 0.6) is 0 Å². The minimum atomic E-state index is 0.200. The van der Waals surface area contributed by atoms with Crippen molar-refractivity contribution in [3.8, 4) is 11.3 Å². The van der Waals surface area contributed by atoms with Gasteiger partial charge >= 0.3 is 0 Å². The molecule has 2 aromatic rings. The number of hydrogen-bond acceptors (Lipinski definition) is 4. The fraction of sp³-hybridized carbons (Fsp3) is 0.500. The molecule has 0 radical (unpaired) electrons. The van der Waals surface area contributed by atoms with Crippen LogP contribution in [0.2, 0.25) is 0 Å². The molecule has 3 rings (SSSR count). The Kier molecular flexibility index (Phi) is 5.43. The van der Waals surface area contributed by atoms with Crippen LogP contribution in [0, 0.1) is 0 Å². The first-order valence-corrected chi connectivity index (χ1v) is 8.39. The van der Waals surface area contributed by atoms with Gasteiger partial charge in [0.1, 0.15) is 0 Å². The van der Waals surface area contributed by atoms with Crippen molar-refractivity contribution in [2.24, 2.45) is 0 Å². The van der Waals surface area contributed by atoms with E-state index in [2.05, 4.69) is 45.2 Å². The molecule has 0 saturated carbocycles. The second kappa shape index (κ2) is 7.73. The molecule has 0 bridgehead atoms. The molecule has 124 valence electrons. The van der Waals surface area contributed by atoms with Crippen LogP contribution < -0.4 is 0 Å². The van der Waals surface area contributed by atoms with Gasteiger partial charge in [0.15, 0.2) is 0 Å². The van der Waals surface area contributed by atoms with Gasteiger partial charge in [-0.2, -0.15) is 5.10 Å². The highest BCUT2D eigenvalue weighted by molar-refractivity contribution is 5.58. The third-order valence-electron chi connectivity index (χ3n) is 4.67. The van der Waals surface area contributed by atoms with Crippen LogP contribution in [0.25, 0.3) is 11.3 Å². The molecule has 1 aliphatic heterocycles. The fourth-order valence-electron chi connectivity index (χ4n) is 3.30. The number of nitrogens with zero attached hydrogens (tertiary/aromatic N) is 3. The van der Waals surface area contributed by atoms with Crippen LogP contribution >= 0.6 is 0 Å². The number of aliphatic hydroxyl groups is 1. The van der Waals surface area contributed by atoms with Crippen molar-refractivity contribution in [2.45, 2.75) is 25.4 Å². The van der Waals surface area contributed by atoms with Crippen LogP contribution in [0.15, 0.2) is 36.4 Å². The lowest BCUT2D eigenvalue weighted by atomic mass is 10.0. The molecular formula is C18H26N4O. The Hall–Kier alpha value is -1.69. The van der Waals surface area contributed by atoms with E-state index in [1.807, 2.05) is 18.2 Å². The highest BCUT2D eigenvalue weighted by Gasteiger charge is 2.23. The molecule has 23 heavy (non-hydrogen) atoms. The Balaban J connectivity index is 1.67. The summed E-state index contributed by atoms with van der Waals surface area (Å²) < 4.78 is 0. The normalized spacial score (nSPS) is 17.0. The molecule has 1 aliphatic rings. The van der Waals surface area contributed by atoms with Crippen LogP contribution in [-0.4, -0.2) is 64.4 Å². The van der Waals surface area contributed by atoms with Crippen LogP contribution in [0.4, 0.5) is 0 Å². The smallest absolute Gasteiger partial charge is 0.0924 e. The Labute approximate surface area is 137 Å². The van der Waals surface area contributed by atoms with Gasteiger partial charge in [0.05, 0.1) is 12.3 Å². The number of aliphatic hydroxyl groups excluding tert-OH is 1. The van der Waals surface area contributed by atoms with Crippen LogP contribution in [0.3, 0.4) is 0 Å². The highest BCUT2D eigenvalue weighted by atomic mass is 16.3. The van der Waals surface area contributed by atoms with E-state index >= 15 is 0 Å². The highest BCUT2D eigenvalue weighted by Crippen LogP contribution is 2.20. The summed E-state index contributed by atoms with van der Waals surface area (Å²) in [5.74, 6) is 0. The minimum absolute atomic E-state index is 0.200. The molecule has 1 fully saturated rings. The minimum Gasteiger partial charge on any atom is -0.395 e. The summed E-state index contributed by atoms with van der Waals surface area (Å²) in [6.07, 6.45) is 2.33. The van der Waals surface area contributed by atoms with Gasteiger partial charge < -0.3 is 10.0 Å². The van der Waals surface area contributed by atoms with Crippen molar-refractivity contribution in [1.29, 1.82) is 0 Å². The van der Waals surface area contributed by atoms with Gasteiger partial charge in [0.25, 0.3) is 0 Å². The topological polar surface area (TPSA) is 55.4 Å². The van der Waals surface area contributed by atoms with Crippen molar-refractivity contribution in [3.63, 3.8) is 0 Å². The van der Waals surface area contributed by atoms with E-state index in [1.54, 1.807) is 0 Å². The maximum absolute atomic E-state index is 9.40. The summed E-state index contributed by atoms with van der Waals surface area (Å²) in [4.78, 5) is 4.76. The van der Waals surface area contributed by atoms with E-state index in [-0.39, 0.29) is 6.61 Å². The number of rotatable bonds is 6. The summed E-state index contributed by atoms with van der Waals surface area (Å²) in [6, 6.07) is 12.9. The molecule has 0 amide bonds. The number of likely N-dealkylation sites (tertiary alicyclic amines) is 1. The van der Waals surface area contributed by atoms with Crippen molar-refractivity contribution in [1.82, 2.24) is 20.0 Å². The van der Waals surface area contributed by atoms with Gasteiger partial charge in [-0.05, 0) is 39.0 Å². The number of H-pyrrole nitrogens is 1. The second-order valence-corrected chi connectivity index (χ2v) is 6.37.